The summed E-state index contributed by atoms with van der Waals surface area (Å²) in [6.07, 6.45) is 0. The number of hydrogen-bond donors (Lipinski definition) is 0. The van der Waals surface area contributed by atoms with E-state index in [0.29, 0.717) is 5.75 Å². The molecule has 1 rings (SSSR count). The molecule has 5 nitrogen and oxygen atoms in total. The normalized spacial score (nSPS) is 9.72. The molecular formula is C13H16O5. The van der Waals surface area contributed by atoms with Crippen molar-refractivity contribution in [3.63, 3.8) is 0 Å². The molecule has 18 heavy (non-hydrogen) atoms. The first-order valence-electron chi connectivity index (χ1n) is 5.66. The maximum Gasteiger partial charge on any atom is 0.342 e. The number of carbonyl (C=O) groups excluding carboxylic acids is 2. The molecule has 0 aliphatic rings. The van der Waals surface area contributed by atoms with Crippen molar-refractivity contribution in [2.45, 2.75) is 13.8 Å². The van der Waals surface area contributed by atoms with Crippen LogP contribution in [0.4, 0.5) is 0 Å². The van der Waals surface area contributed by atoms with Crippen LogP contribution in [0.25, 0.3) is 0 Å². The largest absolute Gasteiger partial charge is 0.496 e. The monoisotopic (exact) mass is 252 g/mol. The summed E-state index contributed by atoms with van der Waals surface area (Å²) < 4.78 is 14.9. The minimum Gasteiger partial charge on any atom is -0.496 e. The molecule has 5 heteroatoms. The number of carbonyl (C=O) groups is 2. The molecule has 0 aliphatic carbocycles. The smallest absolute Gasteiger partial charge is 0.342 e. The van der Waals surface area contributed by atoms with E-state index in [1.807, 2.05) is 0 Å². The highest BCUT2D eigenvalue weighted by molar-refractivity contribution is 6.05. The molecule has 1 aromatic carbocycles. The van der Waals surface area contributed by atoms with Crippen molar-refractivity contribution in [2.24, 2.45) is 0 Å². The van der Waals surface area contributed by atoms with Crippen molar-refractivity contribution in [1.29, 1.82) is 0 Å². The number of methoxy groups -OCH3 is 1. The summed E-state index contributed by atoms with van der Waals surface area (Å²) >= 11 is 0. The number of ether oxygens (including phenoxy) is 3. The first-order valence-corrected chi connectivity index (χ1v) is 5.66. The topological polar surface area (TPSA) is 61.8 Å². The van der Waals surface area contributed by atoms with E-state index < -0.39 is 11.9 Å². The number of benzene rings is 1. The number of hydrogen-bond acceptors (Lipinski definition) is 5. The van der Waals surface area contributed by atoms with Gasteiger partial charge in [0.15, 0.2) is 0 Å². The third kappa shape index (κ3) is 3.00. The van der Waals surface area contributed by atoms with Crippen molar-refractivity contribution >= 4 is 11.9 Å². The predicted octanol–water partition coefficient (Wildman–Crippen LogP) is 2.05. The molecule has 0 fully saturated rings. The molecule has 0 saturated heterocycles. The van der Waals surface area contributed by atoms with Crippen LogP contribution < -0.4 is 4.74 Å². The Hall–Kier alpha value is -2.04. The fraction of sp³-hybridized carbons (Fsp3) is 0.385. The average molecular weight is 252 g/mol. The Kier molecular flexibility index (Phi) is 5.17. The third-order valence-electron chi connectivity index (χ3n) is 2.22. The van der Waals surface area contributed by atoms with Crippen molar-refractivity contribution in [3.05, 3.63) is 29.3 Å². The molecule has 1 aromatic rings. The van der Waals surface area contributed by atoms with Gasteiger partial charge in [-0.3, -0.25) is 0 Å². The average Bonchev–Trinajstić information content (AvgIpc) is 2.38. The molecule has 98 valence electrons. The molecule has 0 aromatic heterocycles. The fourth-order valence-electron chi connectivity index (χ4n) is 1.49. The predicted molar refractivity (Wildman–Crippen MR) is 64.9 cm³/mol. The van der Waals surface area contributed by atoms with Gasteiger partial charge in [-0.05, 0) is 26.0 Å². The number of esters is 2. The quantitative estimate of drug-likeness (QED) is 0.750. The summed E-state index contributed by atoms with van der Waals surface area (Å²) in [5, 5.41) is 0. The van der Waals surface area contributed by atoms with Gasteiger partial charge in [0.2, 0.25) is 0 Å². The Labute approximate surface area is 106 Å². The second-order valence-electron chi connectivity index (χ2n) is 3.32. The highest BCUT2D eigenvalue weighted by Crippen LogP contribution is 2.24. The van der Waals surface area contributed by atoms with Crippen LogP contribution in [-0.4, -0.2) is 32.3 Å². The van der Waals surface area contributed by atoms with Crippen molar-refractivity contribution in [3.8, 4) is 5.75 Å². The standard InChI is InChI=1S/C13H16O5/c1-4-17-12(14)9-7-6-8-10(16-3)11(9)13(15)18-5-2/h6-8H,4-5H2,1-3H3. The first-order chi connectivity index (χ1) is 8.65. The Balaban J connectivity index is 3.24. The van der Waals surface area contributed by atoms with E-state index in [0.717, 1.165) is 0 Å². The molecule has 0 spiro atoms. The molecule has 0 saturated carbocycles. The van der Waals surface area contributed by atoms with Gasteiger partial charge in [0.05, 0.1) is 25.9 Å². The Morgan fingerprint density at radius 3 is 2.22 bits per heavy atom. The minimum atomic E-state index is -0.599. The Bertz CT molecular complexity index is 439. The van der Waals surface area contributed by atoms with Crippen molar-refractivity contribution in [2.75, 3.05) is 20.3 Å². The van der Waals surface area contributed by atoms with Gasteiger partial charge in [0, 0.05) is 0 Å². The summed E-state index contributed by atoms with van der Waals surface area (Å²) in [6.45, 7) is 3.84. The van der Waals surface area contributed by atoms with Crippen LogP contribution in [-0.2, 0) is 9.47 Å². The van der Waals surface area contributed by atoms with Crippen LogP contribution in [0.15, 0.2) is 18.2 Å². The minimum absolute atomic E-state index is 0.0975. The summed E-state index contributed by atoms with van der Waals surface area (Å²) in [6, 6.07) is 4.72. The van der Waals surface area contributed by atoms with E-state index in [-0.39, 0.29) is 24.3 Å². The first kappa shape index (κ1) is 14.0. The zero-order valence-corrected chi connectivity index (χ0v) is 10.7. The third-order valence-corrected chi connectivity index (χ3v) is 2.22. The van der Waals surface area contributed by atoms with Crippen LogP contribution in [0.3, 0.4) is 0 Å². The van der Waals surface area contributed by atoms with Crippen molar-refractivity contribution in [1.82, 2.24) is 0 Å². The van der Waals surface area contributed by atoms with E-state index in [1.165, 1.54) is 13.2 Å². The molecule has 0 atom stereocenters. The van der Waals surface area contributed by atoms with Gasteiger partial charge in [-0.1, -0.05) is 6.07 Å². The number of rotatable bonds is 5. The van der Waals surface area contributed by atoms with Crippen molar-refractivity contribution < 1.29 is 23.8 Å². The molecule has 0 aliphatic heterocycles. The molecule has 0 bridgehead atoms. The van der Waals surface area contributed by atoms with Gasteiger partial charge in [-0.2, -0.15) is 0 Å². The summed E-state index contributed by atoms with van der Waals surface area (Å²) in [5.74, 6) is -0.878. The maximum atomic E-state index is 11.8. The molecular weight excluding hydrogens is 236 g/mol. The van der Waals surface area contributed by atoms with E-state index in [2.05, 4.69) is 0 Å². The second kappa shape index (κ2) is 6.64. The van der Waals surface area contributed by atoms with Crippen LogP contribution in [0.1, 0.15) is 34.6 Å². The second-order valence-corrected chi connectivity index (χ2v) is 3.32. The molecule has 0 unspecified atom stereocenters. The highest BCUT2D eigenvalue weighted by Gasteiger charge is 2.23. The zero-order valence-electron chi connectivity index (χ0n) is 10.7. The van der Waals surface area contributed by atoms with Gasteiger partial charge in [0.1, 0.15) is 11.3 Å². The van der Waals surface area contributed by atoms with E-state index in [9.17, 15) is 9.59 Å². The SMILES string of the molecule is CCOC(=O)c1cccc(OC)c1C(=O)OCC. The van der Waals surface area contributed by atoms with E-state index in [4.69, 9.17) is 14.2 Å². The van der Waals surface area contributed by atoms with Gasteiger partial charge < -0.3 is 14.2 Å². The molecule has 0 heterocycles. The van der Waals surface area contributed by atoms with Crippen LogP contribution >= 0.6 is 0 Å². The van der Waals surface area contributed by atoms with Gasteiger partial charge in [-0.25, -0.2) is 9.59 Å². The summed E-state index contributed by atoms with van der Waals surface area (Å²) in [5.41, 5.74) is 0.245. The van der Waals surface area contributed by atoms with Gasteiger partial charge in [-0.15, -0.1) is 0 Å². The summed E-state index contributed by atoms with van der Waals surface area (Å²) in [4.78, 5) is 23.6. The molecule has 0 N–H and O–H groups in total. The van der Waals surface area contributed by atoms with Crippen LogP contribution in [0.2, 0.25) is 0 Å². The highest BCUT2D eigenvalue weighted by atomic mass is 16.5. The molecule has 0 radical (unpaired) electrons. The molecule has 0 amide bonds. The van der Waals surface area contributed by atoms with Gasteiger partial charge in [0.25, 0.3) is 0 Å². The summed E-state index contributed by atoms with van der Waals surface area (Å²) in [7, 11) is 1.42. The lowest BCUT2D eigenvalue weighted by molar-refractivity contribution is 0.0475. The van der Waals surface area contributed by atoms with E-state index >= 15 is 0 Å². The fourth-order valence-corrected chi connectivity index (χ4v) is 1.49. The van der Waals surface area contributed by atoms with E-state index in [1.54, 1.807) is 26.0 Å². The van der Waals surface area contributed by atoms with Gasteiger partial charge >= 0.3 is 11.9 Å². The lowest BCUT2D eigenvalue weighted by Crippen LogP contribution is -2.15. The zero-order chi connectivity index (χ0) is 13.5. The van der Waals surface area contributed by atoms with Crippen LogP contribution in [0.5, 0.6) is 5.75 Å². The Morgan fingerprint density at radius 2 is 1.67 bits per heavy atom. The maximum absolute atomic E-state index is 11.8. The lowest BCUT2D eigenvalue weighted by atomic mass is 10.1. The lowest BCUT2D eigenvalue weighted by Gasteiger charge is -2.11. The van der Waals surface area contributed by atoms with Crippen LogP contribution in [0, 0.1) is 0 Å². The Morgan fingerprint density at radius 1 is 1.06 bits per heavy atom.